The summed E-state index contributed by atoms with van der Waals surface area (Å²) in [4.78, 5) is 5.67. The van der Waals surface area contributed by atoms with Crippen molar-refractivity contribution in [3.05, 3.63) is 89.5 Å². The number of nitrogens with one attached hydrogen (secondary N) is 2. The maximum absolute atomic E-state index is 5.74. The highest BCUT2D eigenvalue weighted by Gasteiger charge is 2.15. The van der Waals surface area contributed by atoms with E-state index in [2.05, 4.69) is 47.2 Å². The van der Waals surface area contributed by atoms with Gasteiger partial charge in [-0.05, 0) is 74.4 Å². The molecule has 0 aliphatic heterocycles. The van der Waals surface area contributed by atoms with E-state index >= 15 is 0 Å². The molecular formula is C24H25N3OS. The first-order valence-electron chi connectivity index (χ1n) is 9.81. The smallest absolute Gasteiger partial charge is 0.173 e. The molecule has 5 heteroatoms. The van der Waals surface area contributed by atoms with Gasteiger partial charge in [0.05, 0.1) is 12.8 Å². The largest absolute Gasteiger partial charge is 0.467 e. The van der Waals surface area contributed by atoms with Crippen molar-refractivity contribution in [2.24, 2.45) is 0 Å². The molecule has 2 N–H and O–H groups in total. The van der Waals surface area contributed by atoms with E-state index in [1.165, 1.54) is 27.7 Å². The van der Waals surface area contributed by atoms with Crippen LogP contribution >= 0.6 is 12.2 Å². The molecule has 0 amide bonds. The number of furan rings is 1. The number of fused-ring (bicyclic) bond motifs is 1. The van der Waals surface area contributed by atoms with Crippen LogP contribution in [-0.4, -0.2) is 21.5 Å². The predicted molar refractivity (Wildman–Crippen MR) is 123 cm³/mol. The van der Waals surface area contributed by atoms with Crippen molar-refractivity contribution in [1.82, 2.24) is 9.88 Å². The van der Waals surface area contributed by atoms with E-state index in [-0.39, 0.29) is 0 Å². The lowest BCUT2D eigenvalue weighted by Crippen LogP contribution is -2.35. The van der Waals surface area contributed by atoms with Gasteiger partial charge in [0.2, 0.25) is 0 Å². The highest BCUT2D eigenvalue weighted by molar-refractivity contribution is 7.80. The van der Waals surface area contributed by atoms with E-state index in [4.69, 9.17) is 16.6 Å². The first-order valence-corrected chi connectivity index (χ1v) is 10.2. The van der Waals surface area contributed by atoms with E-state index in [0.717, 1.165) is 24.4 Å². The topological polar surface area (TPSA) is 44.2 Å². The Hall–Kier alpha value is -3.05. The van der Waals surface area contributed by atoms with Gasteiger partial charge in [-0.3, -0.25) is 0 Å². The molecule has 0 fully saturated rings. The molecule has 0 aliphatic rings. The molecule has 2 heterocycles. The molecule has 0 spiro atoms. The van der Waals surface area contributed by atoms with Gasteiger partial charge in [-0.1, -0.05) is 29.8 Å². The second-order valence-corrected chi connectivity index (χ2v) is 7.71. The Morgan fingerprint density at radius 2 is 1.90 bits per heavy atom. The molecule has 0 saturated heterocycles. The number of benzene rings is 2. The monoisotopic (exact) mass is 403 g/mol. The van der Waals surface area contributed by atoms with Crippen LogP contribution in [0, 0.1) is 13.8 Å². The third kappa shape index (κ3) is 4.51. The lowest BCUT2D eigenvalue weighted by Gasteiger charge is -2.25. The molecule has 0 saturated carbocycles. The summed E-state index contributed by atoms with van der Waals surface area (Å²) in [6.07, 6.45) is 2.60. The van der Waals surface area contributed by atoms with E-state index in [1.54, 1.807) is 6.26 Å². The molecule has 0 unspecified atom stereocenters. The summed E-state index contributed by atoms with van der Waals surface area (Å²) < 4.78 is 5.58. The van der Waals surface area contributed by atoms with Gasteiger partial charge in [-0.15, -0.1) is 0 Å². The molecule has 148 valence electrons. The minimum atomic E-state index is 0.631. The summed E-state index contributed by atoms with van der Waals surface area (Å²) in [5, 5.41) is 5.34. The fraction of sp³-hybridized carbons (Fsp3) is 0.208. The van der Waals surface area contributed by atoms with Gasteiger partial charge in [0.15, 0.2) is 5.11 Å². The number of hydrogen-bond donors (Lipinski definition) is 2. The van der Waals surface area contributed by atoms with Crippen LogP contribution in [0.4, 0.5) is 5.69 Å². The van der Waals surface area contributed by atoms with Crippen LogP contribution in [0.15, 0.2) is 71.3 Å². The highest BCUT2D eigenvalue weighted by Crippen LogP contribution is 2.24. The zero-order valence-corrected chi connectivity index (χ0v) is 17.6. The van der Waals surface area contributed by atoms with E-state index in [9.17, 15) is 0 Å². The second kappa shape index (κ2) is 8.53. The van der Waals surface area contributed by atoms with Crippen LogP contribution in [0.25, 0.3) is 10.9 Å². The lowest BCUT2D eigenvalue weighted by molar-refractivity contribution is 0.368. The van der Waals surface area contributed by atoms with Crippen molar-refractivity contribution in [3.63, 3.8) is 0 Å². The molecule has 0 bridgehead atoms. The Balaban J connectivity index is 1.54. The fourth-order valence-corrected chi connectivity index (χ4v) is 3.91. The van der Waals surface area contributed by atoms with E-state index in [1.807, 2.05) is 42.5 Å². The normalized spacial score (nSPS) is 11.0. The number of para-hydroxylation sites is 1. The predicted octanol–water partition coefficient (Wildman–Crippen LogP) is 5.82. The van der Waals surface area contributed by atoms with Gasteiger partial charge in [-0.2, -0.15) is 0 Å². The number of H-pyrrole nitrogens is 1. The van der Waals surface area contributed by atoms with Crippen LogP contribution < -0.4 is 5.32 Å². The Bertz CT molecular complexity index is 1100. The van der Waals surface area contributed by atoms with Gasteiger partial charge >= 0.3 is 0 Å². The third-order valence-corrected chi connectivity index (χ3v) is 5.51. The average Bonchev–Trinajstić information content (AvgIpc) is 3.33. The number of aromatic nitrogens is 1. The molecule has 4 nitrogen and oxygen atoms in total. The van der Waals surface area contributed by atoms with Gasteiger partial charge in [0.25, 0.3) is 0 Å². The summed E-state index contributed by atoms with van der Waals surface area (Å²) in [6.45, 7) is 5.70. The number of anilines is 1. The van der Waals surface area contributed by atoms with E-state index < -0.39 is 0 Å². The average molecular weight is 404 g/mol. The van der Waals surface area contributed by atoms with Crippen molar-refractivity contribution >= 4 is 33.9 Å². The molecule has 0 aliphatic carbocycles. The maximum atomic E-state index is 5.74. The molecule has 0 radical (unpaired) electrons. The standard InChI is InChI=1S/C24H25N3OS/c1-17-10-11-23-22(15-17)21(18(2)25-23)12-13-27(16-20-9-6-14-28-20)24(29)26-19-7-4-3-5-8-19/h3-11,14-15,25H,12-13,16H2,1-2H3,(H,26,29). The molecular weight excluding hydrogens is 378 g/mol. The van der Waals surface area contributed by atoms with Crippen LogP contribution in [0.1, 0.15) is 22.6 Å². The summed E-state index contributed by atoms with van der Waals surface area (Å²) in [6, 6.07) is 20.5. The SMILES string of the molecule is Cc1ccc2[nH]c(C)c(CCN(Cc3ccco3)C(=S)Nc3ccccc3)c2c1. The van der Waals surface area contributed by atoms with Crippen molar-refractivity contribution in [1.29, 1.82) is 0 Å². The van der Waals surface area contributed by atoms with Crippen molar-refractivity contribution in [2.75, 3.05) is 11.9 Å². The van der Waals surface area contributed by atoms with Crippen LogP contribution in [0.2, 0.25) is 0 Å². The van der Waals surface area contributed by atoms with Gasteiger partial charge in [0.1, 0.15) is 5.76 Å². The quantitative estimate of drug-likeness (QED) is 0.398. The molecule has 4 aromatic rings. The number of rotatable bonds is 6. The zero-order valence-electron chi connectivity index (χ0n) is 16.7. The minimum absolute atomic E-state index is 0.631. The first-order chi connectivity index (χ1) is 14.1. The van der Waals surface area contributed by atoms with Gasteiger partial charge in [0, 0.05) is 28.8 Å². The first kappa shape index (κ1) is 19.3. The Kier molecular flexibility index (Phi) is 5.67. The van der Waals surface area contributed by atoms with Crippen molar-refractivity contribution < 1.29 is 4.42 Å². The Labute approximate surface area is 176 Å². The van der Waals surface area contributed by atoms with E-state index in [0.29, 0.717) is 11.7 Å². The van der Waals surface area contributed by atoms with Crippen LogP contribution in [0.3, 0.4) is 0 Å². The van der Waals surface area contributed by atoms with Crippen LogP contribution in [-0.2, 0) is 13.0 Å². The van der Waals surface area contributed by atoms with Gasteiger partial charge < -0.3 is 19.6 Å². The summed E-state index contributed by atoms with van der Waals surface area (Å²) in [5.74, 6) is 0.897. The minimum Gasteiger partial charge on any atom is -0.467 e. The number of nitrogens with zero attached hydrogens (tertiary/aromatic N) is 1. The fourth-order valence-electron chi connectivity index (χ4n) is 3.63. The number of hydrogen-bond acceptors (Lipinski definition) is 2. The molecule has 29 heavy (non-hydrogen) atoms. The number of thiocarbonyl (C=S) groups is 1. The number of aryl methyl sites for hydroxylation is 2. The Morgan fingerprint density at radius 1 is 1.07 bits per heavy atom. The third-order valence-electron chi connectivity index (χ3n) is 5.15. The number of aromatic amines is 1. The van der Waals surface area contributed by atoms with Crippen molar-refractivity contribution in [3.8, 4) is 0 Å². The van der Waals surface area contributed by atoms with Gasteiger partial charge in [-0.25, -0.2) is 0 Å². The molecule has 2 aromatic heterocycles. The zero-order chi connectivity index (χ0) is 20.2. The molecule has 0 atom stereocenters. The Morgan fingerprint density at radius 3 is 2.66 bits per heavy atom. The summed E-state index contributed by atoms with van der Waals surface area (Å²) in [5.41, 5.74) is 6.00. The van der Waals surface area contributed by atoms with Crippen LogP contribution in [0.5, 0.6) is 0 Å². The maximum Gasteiger partial charge on any atom is 0.173 e. The molecule has 4 rings (SSSR count). The summed E-state index contributed by atoms with van der Waals surface area (Å²) >= 11 is 5.74. The lowest BCUT2D eigenvalue weighted by atomic mass is 10.1. The molecule has 2 aromatic carbocycles. The highest BCUT2D eigenvalue weighted by atomic mass is 32.1. The van der Waals surface area contributed by atoms with Crippen molar-refractivity contribution in [2.45, 2.75) is 26.8 Å². The second-order valence-electron chi connectivity index (χ2n) is 7.32. The summed E-state index contributed by atoms with van der Waals surface area (Å²) in [7, 11) is 0.